The van der Waals surface area contributed by atoms with E-state index in [9.17, 15) is 4.39 Å². The van der Waals surface area contributed by atoms with E-state index in [2.05, 4.69) is 4.90 Å². The Labute approximate surface area is 114 Å². The molecule has 4 heteroatoms. The molecule has 1 atom stereocenters. The summed E-state index contributed by atoms with van der Waals surface area (Å²) in [6, 6.07) is 4.33. The van der Waals surface area contributed by atoms with Gasteiger partial charge < -0.3 is 15.4 Å². The van der Waals surface area contributed by atoms with Crippen molar-refractivity contribution in [2.24, 2.45) is 5.73 Å². The Kier molecular flexibility index (Phi) is 5.16. The maximum Gasteiger partial charge on any atom is 0.124 e. The van der Waals surface area contributed by atoms with Crippen molar-refractivity contribution in [2.75, 3.05) is 26.2 Å². The number of likely N-dealkylation sites (tertiary alicyclic amines) is 1. The maximum atomic E-state index is 13.2. The number of hydrogen-bond donors (Lipinski definition) is 1. The molecular weight excluding hydrogens is 243 g/mol. The van der Waals surface area contributed by atoms with E-state index in [0.717, 1.165) is 18.5 Å². The highest BCUT2D eigenvalue weighted by molar-refractivity contribution is 5.36. The van der Waals surface area contributed by atoms with Gasteiger partial charge in [-0.25, -0.2) is 4.39 Å². The molecule has 0 bridgehead atoms. The van der Waals surface area contributed by atoms with Gasteiger partial charge in [-0.05, 0) is 57.5 Å². The van der Waals surface area contributed by atoms with E-state index in [1.165, 1.54) is 38.1 Å². The van der Waals surface area contributed by atoms with Gasteiger partial charge in [0.2, 0.25) is 0 Å². The van der Waals surface area contributed by atoms with E-state index in [1.807, 2.05) is 6.92 Å². The summed E-state index contributed by atoms with van der Waals surface area (Å²) in [4.78, 5) is 2.46. The molecule has 0 radical (unpaired) electrons. The summed E-state index contributed by atoms with van der Waals surface area (Å²) in [5, 5.41) is 0. The summed E-state index contributed by atoms with van der Waals surface area (Å²) < 4.78 is 18.9. The van der Waals surface area contributed by atoms with E-state index in [4.69, 9.17) is 10.5 Å². The Hall–Kier alpha value is -1.13. The standard InChI is InChI=1S/C15H23FN2O/c1-12(17)14-11-13(16)5-6-15(14)19-10-4-9-18-7-2-3-8-18/h5-6,11-12H,2-4,7-10,17H2,1H3/t12-/m1/s1. The highest BCUT2D eigenvalue weighted by Gasteiger charge is 2.12. The summed E-state index contributed by atoms with van der Waals surface area (Å²) >= 11 is 0. The zero-order valence-corrected chi connectivity index (χ0v) is 11.6. The average molecular weight is 266 g/mol. The van der Waals surface area contributed by atoms with Crippen molar-refractivity contribution in [3.8, 4) is 5.75 Å². The van der Waals surface area contributed by atoms with E-state index >= 15 is 0 Å². The first-order valence-corrected chi connectivity index (χ1v) is 7.07. The third-order valence-corrected chi connectivity index (χ3v) is 3.54. The minimum atomic E-state index is -0.267. The van der Waals surface area contributed by atoms with E-state index in [0.29, 0.717) is 12.4 Å². The van der Waals surface area contributed by atoms with Crippen molar-refractivity contribution < 1.29 is 9.13 Å². The second-order valence-electron chi connectivity index (χ2n) is 5.22. The lowest BCUT2D eigenvalue weighted by Crippen LogP contribution is -2.22. The number of nitrogens with zero attached hydrogens (tertiary/aromatic N) is 1. The third kappa shape index (κ3) is 4.18. The average Bonchev–Trinajstić information content (AvgIpc) is 2.89. The first-order chi connectivity index (χ1) is 9.16. The SMILES string of the molecule is C[C@@H](N)c1cc(F)ccc1OCCCN1CCCC1. The van der Waals surface area contributed by atoms with Crippen LogP contribution in [0.5, 0.6) is 5.75 Å². The van der Waals surface area contributed by atoms with Crippen LogP contribution in [0.2, 0.25) is 0 Å². The fourth-order valence-electron chi connectivity index (χ4n) is 2.48. The molecule has 106 valence electrons. The highest BCUT2D eigenvalue weighted by atomic mass is 19.1. The molecule has 0 aromatic heterocycles. The molecule has 0 spiro atoms. The molecule has 0 unspecified atom stereocenters. The van der Waals surface area contributed by atoms with Crippen molar-refractivity contribution >= 4 is 0 Å². The first kappa shape index (κ1) is 14.3. The van der Waals surface area contributed by atoms with E-state index in [-0.39, 0.29) is 11.9 Å². The number of ether oxygens (including phenoxy) is 1. The van der Waals surface area contributed by atoms with Crippen LogP contribution in [0.25, 0.3) is 0 Å². The molecule has 0 aliphatic carbocycles. The van der Waals surface area contributed by atoms with Crippen LogP contribution >= 0.6 is 0 Å². The van der Waals surface area contributed by atoms with Gasteiger partial charge in [-0.15, -0.1) is 0 Å². The molecule has 1 aliphatic heterocycles. The number of rotatable bonds is 6. The van der Waals surface area contributed by atoms with Crippen LogP contribution in [0.3, 0.4) is 0 Å². The third-order valence-electron chi connectivity index (χ3n) is 3.54. The van der Waals surface area contributed by atoms with Crippen LogP contribution in [0.4, 0.5) is 4.39 Å². The summed E-state index contributed by atoms with van der Waals surface area (Å²) in [5.41, 5.74) is 6.57. The summed E-state index contributed by atoms with van der Waals surface area (Å²) in [6.07, 6.45) is 3.62. The Morgan fingerprint density at radius 1 is 1.37 bits per heavy atom. The fraction of sp³-hybridized carbons (Fsp3) is 0.600. The molecule has 2 N–H and O–H groups in total. The van der Waals surface area contributed by atoms with Gasteiger partial charge in [0.25, 0.3) is 0 Å². The van der Waals surface area contributed by atoms with Gasteiger partial charge in [-0.2, -0.15) is 0 Å². The van der Waals surface area contributed by atoms with Crippen molar-refractivity contribution in [2.45, 2.75) is 32.2 Å². The van der Waals surface area contributed by atoms with Crippen molar-refractivity contribution in [1.29, 1.82) is 0 Å². The number of halogens is 1. The predicted octanol–water partition coefficient (Wildman–Crippen LogP) is 2.71. The van der Waals surface area contributed by atoms with Crippen LogP contribution < -0.4 is 10.5 Å². The summed E-state index contributed by atoms with van der Waals surface area (Å²) in [6.45, 7) is 5.99. The predicted molar refractivity (Wildman–Crippen MR) is 74.8 cm³/mol. The highest BCUT2D eigenvalue weighted by Crippen LogP contribution is 2.24. The molecule has 0 amide bonds. The molecule has 19 heavy (non-hydrogen) atoms. The largest absolute Gasteiger partial charge is 0.493 e. The number of hydrogen-bond acceptors (Lipinski definition) is 3. The van der Waals surface area contributed by atoms with Gasteiger partial charge in [0.15, 0.2) is 0 Å². The second kappa shape index (κ2) is 6.87. The molecule has 1 saturated heterocycles. The molecule has 2 rings (SSSR count). The summed E-state index contributed by atoms with van der Waals surface area (Å²) in [5.74, 6) is 0.439. The Morgan fingerprint density at radius 2 is 2.11 bits per heavy atom. The Bertz CT molecular complexity index is 403. The van der Waals surface area contributed by atoms with Crippen molar-refractivity contribution in [1.82, 2.24) is 4.90 Å². The minimum Gasteiger partial charge on any atom is -0.493 e. The number of nitrogens with two attached hydrogens (primary N) is 1. The smallest absolute Gasteiger partial charge is 0.124 e. The van der Waals surface area contributed by atoms with Crippen LogP contribution in [0.15, 0.2) is 18.2 Å². The first-order valence-electron chi connectivity index (χ1n) is 7.07. The van der Waals surface area contributed by atoms with Crippen LogP contribution in [0, 0.1) is 5.82 Å². The molecule has 1 heterocycles. The molecule has 3 nitrogen and oxygen atoms in total. The fourth-order valence-corrected chi connectivity index (χ4v) is 2.48. The topological polar surface area (TPSA) is 38.5 Å². The van der Waals surface area contributed by atoms with Gasteiger partial charge >= 0.3 is 0 Å². The molecule has 1 aromatic carbocycles. The quantitative estimate of drug-likeness (QED) is 0.805. The van der Waals surface area contributed by atoms with Crippen molar-refractivity contribution in [3.63, 3.8) is 0 Å². The minimum absolute atomic E-state index is 0.218. The Morgan fingerprint density at radius 3 is 2.79 bits per heavy atom. The zero-order chi connectivity index (χ0) is 13.7. The second-order valence-corrected chi connectivity index (χ2v) is 5.22. The molecule has 1 fully saturated rings. The van der Waals surface area contributed by atoms with Gasteiger partial charge in [0.05, 0.1) is 6.61 Å². The lowest BCUT2D eigenvalue weighted by atomic mass is 10.1. The van der Waals surface area contributed by atoms with Gasteiger partial charge in [0, 0.05) is 18.2 Å². The van der Waals surface area contributed by atoms with Crippen LogP contribution in [-0.4, -0.2) is 31.1 Å². The molecule has 1 aliphatic rings. The van der Waals surface area contributed by atoms with E-state index < -0.39 is 0 Å². The normalized spacial score (nSPS) is 17.6. The lowest BCUT2D eigenvalue weighted by Gasteiger charge is -2.16. The molecule has 0 saturated carbocycles. The number of benzene rings is 1. The zero-order valence-electron chi connectivity index (χ0n) is 11.6. The van der Waals surface area contributed by atoms with Gasteiger partial charge in [-0.3, -0.25) is 0 Å². The summed E-state index contributed by atoms with van der Waals surface area (Å²) in [7, 11) is 0. The Balaban J connectivity index is 1.81. The molecule has 1 aromatic rings. The monoisotopic (exact) mass is 266 g/mol. The van der Waals surface area contributed by atoms with Gasteiger partial charge in [0.1, 0.15) is 11.6 Å². The van der Waals surface area contributed by atoms with Crippen molar-refractivity contribution in [3.05, 3.63) is 29.6 Å². The lowest BCUT2D eigenvalue weighted by molar-refractivity contribution is 0.261. The van der Waals surface area contributed by atoms with E-state index in [1.54, 1.807) is 6.07 Å². The van der Waals surface area contributed by atoms with Crippen LogP contribution in [-0.2, 0) is 0 Å². The van der Waals surface area contributed by atoms with Crippen LogP contribution in [0.1, 0.15) is 37.8 Å². The maximum absolute atomic E-state index is 13.2. The van der Waals surface area contributed by atoms with Gasteiger partial charge in [-0.1, -0.05) is 0 Å². The molecular formula is C15H23FN2O.